The molecule has 0 saturated carbocycles. The van der Waals surface area contributed by atoms with E-state index in [9.17, 15) is 28.8 Å². The van der Waals surface area contributed by atoms with Crippen molar-refractivity contribution in [3.05, 3.63) is 35.9 Å². The van der Waals surface area contributed by atoms with Crippen LogP contribution in [0.3, 0.4) is 0 Å². The molecule has 18 nitrogen and oxygen atoms in total. The van der Waals surface area contributed by atoms with Crippen molar-refractivity contribution in [3.8, 4) is 0 Å². The minimum atomic E-state index is -1.07. The van der Waals surface area contributed by atoms with Crippen molar-refractivity contribution in [2.45, 2.75) is 65.6 Å². The lowest BCUT2D eigenvalue weighted by molar-refractivity contribution is -0.116. The molecule has 2 aromatic rings. The first kappa shape index (κ1) is 42.9. The molecule has 0 aromatic carbocycles. The standard InChI is InChI=1S/2C14H21N3O5.C4H8O2/c2*1-14(2,3)22-13(21)15-6-5-11(18)16-9-7-10(12(19)20)17(4)8-9;1-2-6-4-3-5-1/h2*7-8H,5-6H2,1-4H3,(H,15,21)(H,16,18)(H,19,20);1-4H2. The maximum atomic E-state index is 11.7. The molecule has 0 unspecified atom stereocenters. The zero-order chi connectivity index (χ0) is 38.1. The van der Waals surface area contributed by atoms with Gasteiger partial charge in [-0.2, -0.15) is 0 Å². The highest BCUT2D eigenvalue weighted by atomic mass is 16.6. The number of rotatable bonds is 10. The highest BCUT2D eigenvalue weighted by Crippen LogP contribution is 2.14. The Morgan fingerprint density at radius 1 is 0.660 bits per heavy atom. The van der Waals surface area contributed by atoms with Crippen LogP contribution in [0.4, 0.5) is 21.0 Å². The molecule has 3 heterocycles. The number of aryl methyl sites for hydroxylation is 2. The van der Waals surface area contributed by atoms with Crippen LogP contribution in [0.5, 0.6) is 0 Å². The fraction of sp³-hybridized carbons (Fsp3) is 0.562. The number of anilines is 2. The van der Waals surface area contributed by atoms with E-state index in [1.165, 1.54) is 33.7 Å². The van der Waals surface area contributed by atoms with Gasteiger partial charge in [0.1, 0.15) is 22.6 Å². The predicted octanol–water partition coefficient (Wildman–Crippen LogP) is 3.19. The third-order valence-electron chi connectivity index (χ3n) is 5.80. The SMILES string of the molecule is C1COCCO1.Cn1cc(NC(=O)CCNC(=O)OC(C)(C)C)cc1C(=O)O.Cn1cc(NC(=O)CCNC(=O)OC(C)(C)C)cc1C(=O)O. The second-order valence-electron chi connectivity index (χ2n) is 12.7. The van der Waals surface area contributed by atoms with Gasteiger partial charge < -0.3 is 59.6 Å². The number of carboxylic acids is 2. The van der Waals surface area contributed by atoms with Crippen molar-refractivity contribution >= 4 is 47.3 Å². The lowest BCUT2D eigenvalue weighted by Gasteiger charge is -2.19. The molecule has 1 saturated heterocycles. The number of hydrogen-bond acceptors (Lipinski definition) is 10. The number of nitrogens with zero attached hydrogens (tertiary/aromatic N) is 2. The molecule has 4 amide bonds. The summed E-state index contributed by atoms with van der Waals surface area (Å²) in [7, 11) is 3.15. The van der Waals surface area contributed by atoms with Gasteiger partial charge in [0.25, 0.3) is 0 Å². The molecule has 1 aliphatic heterocycles. The zero-order valence-corrected chi connectivity index (χ0v) is 29.8. The molecule has 0 radical (unpaired) electrons. The number of amides is 4. The lowest BCUT2D eigenvalue weighted by atomic mass is 10.2. The van der Waals surface area contributed by atoms with Gasteiger partial charge in [0.2, 0.25) is 11.8 Å². The largest absolute Gasteiger partial charge is 0.477 e. The molecule has 0 spiro atoms. The van der Waals surface area contributed by atoms with Crippen LogP contribution in [0.1, 0.15) is 75.4 Å². The quantitative estimate of drug-likeness (QED) is 0.209. The average Bonchev–Trinajstić information content (AvgIpc) is 3.53. The molecule has 2 aromatic heterocycles. The molecule has 50 heavy (non-hydrogen) atoms. The lowest BCUT2D eigenvalue weighted by Crippen LogP contribution is -2.34. The van der Waals surface area contributed by atoms with Crippen LogP contribution >= 0.6 is 0 Å². The molecule has 280 valence electrons. The molecule has 0 atom stereocenters. The third-order valence-corrected chi connectivity index (χ3v) is 5.80. The third kappa shape index (κ3) is 19.0. The van der Waals surface area contributed by atoms with Crippen molar-refractivity contribution in [2.24, 2.45) is 14.1 Å². The van der Waals surface area contributed by atoms with E-state index in [0.29, 0.717) is 11.4 Å². The minimum absolute atomic E-state index is 0.0521. The summed E-state index contributed by atoms with van der Waals surface area (Å²) in [6, 6.07) is 2.73. The van der Waals surface area contributed by atoms with Gasteiger partial charge in [-0.1, -0.05) is 0 Å². The Labute approximate surface area is 290 Å². The van der Waals surface area contributed by atoms with Crippen LogP contribution in [0.2, 0.25) is 0 Å². The number of carboxylic acid groups (broad SMARTS) is 2. The molecule has 0 aliphatic carbocycles. The fourth-order valence-corrected chi connectivity index (χ4v) is 3.76. The van der Waals surface area contributed by atoms with Gasteiger partial charge in [0.15, 0.2) is 0 Å². The van der Waals surface area contributed by atoms with Crippen LogP contribution in [0.15, 0.2) is 24.5 Å². The Hall–Kier alpha value is -5.10. The van der Waals surface area contributed by atoms with Crippen LogP contribution in [0.25, 0.3) is 0 Å². The highest BCUT2D eigenvalue weighted by Gasteiger charge is 2.18. The van der Waals surface area contributed by atoms with Crippen molar-refractivity contribution < 1.29 is 57.9 Å². The number of aromatic carboxylic acids is 2. The first-order valence-electron chi connectivity index (χ1n) is 15.6. The Morgan fingerprint density at radius 2 is 0.980 bits per heavy atom. The Kier molecular flexibility index (Phi) is 17.5. The van der Waals surface area contributed by atoms with Gasteiger partial charge >= 0.3 is 24.1 Å². The topological polar surface area (TPSA) is 238 Å². The van der Waals surface area contributed by atoms with Crippen molar-refractivity contribution in [3.63, 3.8) is 0 Å². The molecule has 6 N–H and O–H groups in total. The molecule has 3 rings (SSSR count). The van der Waals surface area contributed by atoms with Gasteiger partial charge in [0.05, 0.1) is 37.8 Å². The molecular weight excluding hydrogens is 660 g/mol. The van der Waals surface area contributed by atoms with Gasteiger partial charge in [-0.3, -0.25) is 9.59 Å². The molecular formula is C32H50N6O12. The summed E-state index contributed by atoms with van der Waals surface area (Å²) in [5.74, 6) is -2.82. The first-order valence-corrected chi connectivity index (χ1v) is 15.6. The maximum absolute atomic E-state index is 11.7. The summed E-state index contributed by atoms with van der Waals surface area (Å²) in [5.41, 5.74) is -0.263. The molecule has 18 heteroatoms. The second-order valence-corrected chi connectivity index (χ2v) is 12.7. The summed E-state index contributed by atoms with van der Waals surface area (Å²) < 4.78 is 22.8. The van der Waals surface area contributed by atoms with Crippen molar-refractivity contribution in [2.75, 3.05) is 50.2 Å². The zero-order valence-electron chi connectivity index (χ0n) is 29.8. The second kappa shape index (κ2) is 20.4. The monoisotopic (exact) mass is 710 g/mol. The number of hydrogen-bond donors (Lipinski definition) is 6. The molecule has 1 aliphatic rings. The summed E-state index contributed by atoms with van der Waals surface area (Å²) in [5, 5.41) is 27.9. The minimum Gasteiger partial charge on any atom is -0.477 e. The van der Waals surface area contributed by atoms with E-state index in [1.54, 1.807) is 55.6 Å². The van der Waals surface area contributed by atoms with Crippen molar-refractivity contribution in [1.82, 2.24) is 19.8 Å². The molecule has 0 bridgehead atoms. The first-order chi connectivity index (χ1) is 23.2. The summed E-state index contributed by atoms with van der Waals surface area (Å²) in [6.45, 7) is 13.8. The van der Waals surface area contributed by atoms with E-state index in [4.69, 9.17) is 29.2 Å². The number of carbonyl (C=O) groups excluding carboxylic acids is 4. The van der Waals surface area contributed by atoms with Crippen LogP contribution < -0.4 is 21.3 Å². The number of nitrogens with one attached hydrogen (secondary N) is 4. The molecule has 1 fully saturated rings. The average molecular weight is 711 g/mol. The Balaban J connectivity index is 0.000000427. The van der Waals surface area contributed by atoms with Crippen molar-refractivity contribution in [1.29, 1.82) is 0 Å². The summed E-state index contributed by atoms with van der Waals surface area (Å²) in [4.78, 5) is 68.0. The highest BCUT2D eigenvalue weighted by molar-refractivity contribution is 5.94. The van der Waals surface area contributed by atoms with E-state index in [0.717, 1.165) is 26.4 Å². The van der Waals surface area contributed by atoms with E-state index in [-0.39, 0.29) is 49.1 Å². The summed E-state index contributed by atoms with van der Waals surface area (Å²) in [6.07, 6.45) is 1.93. The smallest absolute Gasteiger partial charge is 0.407 e. The van der Waals surface area contributed by atoms with Gasteiger partial charge in [0, 0.05) is 52.4 Å². The fourth-order valence-electron chi connectivity index (χ4n) is 3.76. The van der Waals surface area contributed by atoms with Crippen LogP contribution in [0, 0.1) is 0 Å². The van der Waals surface area contributed by atoms with Gasteiger partial charge in [-0.15, -0.1) is 0 Å². The van der Waals surface area contributed by atoms with E-state index < -0.39 is 35.3 Å². The normalized spacial score (nSPS) is 12.5. The number of ether oxygens (including phenoxy) is 4. The van der Waals surface area contributed by atoms with Gasteiger partial charge in [-0.05, 0) is 53.7 Å². The predicted molar refractivity (Wildman–Crippen MR) is 181 cm³/mol. The maximum Gasteiger partial charge on any atom is 0.407 e. The summed E-state index contributed by atoms with van der Waals surface area (Å²) >= 11 is 0. The number of alkyl carbamates (subject to hydrolysis) is 2. The Bertz CT molecular complexity index is 1330. The number of carbonyl (C=O) groups is 6. The number of aromatic nitrogens is 2. The van der Waals surface area contributed by atoms with E-state index >= 15 is 0 Å². The van der Waals surface area contributed by atoms with E-state index in [1.807, 2.05) is 0 Å². The Morgan fingerprint density at radius 3 is 1.22 bits per heavy atom. The van der Waals surface area contributed by atoms with Crippen LogP contribution in [-0.4, -0.2) is 106 Å². The van der Waals surface area contributed by atoms with E-state index in [2.05, 4.69) is 21.3 Å². The van der Waals surface area contributed by atoms with Crippen LogP contribution in [-0.2, 0) is 42.6 Å². The van der Waals surface area contributed by atoms with Gasteiger partial charge in [-0.25, -0.2) is 19.2 Å².